The summed E-state index contributed by atoms with van der Waals surface area (Å²) in [5.41, 5.74) is 1.02. The maximum Gasteiger partial charge on any atom is 0.260 e. The Morgan fingerprint density at radius 3 is 1.39 bits per heavy atom. The van der Waals surface area contributed by atoms with E-state index in [0.717, 1.165) is 11.1 Å². The highest BCUT2D eigenvalue weighted by atomic mass is 16.2. The van der Waals surface area contributed by atoms with Crippen LogP contribution in [0.3, 0.4) is 0 Å². The Hall–Kier alpha value is -3.32. The van der Waals surface area contributed by atoms with E-state index < -0.39 is 10.8 Å². The van der Waals surface area contributed by atoms with Crippen molar-refractivity contribution in [2.24, 2.45) is 0 Å². The average molecular weight is 448 g/mol. The fraction of sp³-hybridized carbons (Fsp3) is 0.385. The van der Waals surface area contributed by atoms with E-state index in [4.69, 9.17) is 0 Å². The Kier molecular flexibility index (Phi) is 5.70. The monoisotopic (exact) mass is 447 g/mol. The van der Waals surface area contributed by atoms with Crippen LogP contribution in [0.2, 0.25) is 0 Å². The summed E-state index contributed by atoms with van der Waals surface area (Å²) in [6.45, 7) is 8.47. The molecule has 2 heterocycles. The van der Waals surface area contributed by atoms with E-state index in [0.29, 0.717) is 24.2 Å². The molecule has 0 bridgehead atoms. The third-order valence-corrected chi connectivity index (χ3v) is 6.74. The van der Waals surface area contributed by atoms with Crippen molar-refractivity contribution >= 4 is 23.6 Å². The second-order valence-corrected chi connectivity index (χ2v) is 9.62. The molecule has 1 N–H and O–H groups in total. The highest BCUT2D eigenvalue weighted by Gasteiger charge is 2.45. The van der Waals surface area contributed by atoms with Gasteiger partial charge in [0, 0.05) is 37.3 Å². The Balaban J connectivity index is 1.38. The molecule has 0 atom stereocenters. The number of fused-ring (bicyclic) bond motifs is 2. The van der Waals surface area contributed by atoms with Gasteiger partial charge in [0.15, 0.2) is 0 Å². The van der Waals surface area contributed by atoms with Gasteiger partial charge in [0.05, 0.1) is 10.8 Å². The lowest BCUT2D eigenvalue weighted by Crippen LogP contribution is -2.54. The molecule has 0 saturated heterocycles. The van der Waals surface area contributed by atoms with Gasteiger partial charge in [0.25, 0.3) is 11.8 Å². The number of imide groups is 2. The van der Waals surface area contributed by atoms with Gasteiger partial charge in [-0.05, 0) is 51.0 Å². The second kappa shape index (κ2) is 8.23. The molecule has 4 amide bonds. The van der Waals surface area contributed by atoms with E-state index in [1.807, 2.05) is 52.0 Å². The fourth-order valence-corrected chi connectivity index (χ4v) is 4.72. The number of hydrogen-bond acceptors (Lipinski definition) is 5. The molecule has 0 aliphatic carbocycles. The summed E-state index contributed by atoms with van der Waals surface area (Å²) in [7, 11) is 0. The quantitative estimate of drug-likeness (QED) is 0.543. The van der Waals surface area contributed by atoms with Crippen LogP contribution in [0.4, 0.5) is 0 Å². The van der Waals surface area contributed by atoms with Crippen molar-refractivity contribution < 1.29 is 19.2 Å². The molecule has 0 aromatic heterocycles. The Morgan fingerprint density at radius 2 is 1.00 bits per heavy atom. The number of amides is 4. The maximum absolute atomic E-state index is 13.0. The Morgan fingerprint density at radius 1 is 0.636 bits per heavy atom. The average Bonchev–Trinajstić information content (AvgIpc) is 2.80. The van der Waals surface area contributed by atoms with Crippen LogP contribution in [0, 0.1) is 0 Å². The van der Waals surface area contributed by atoms with Crippen LogP contribution >= 0.6 is 0 Å². The van der Waals surface area contributed by atoms with E-state index in [1.54, 1.807) is 24.3 Å². The topological polar surface area (TPSA) is 86.8 Å². The number of carbonyl (C=O) groups excluding carboxylic acids is 4. The first kappa shape index (κ1) is 22.9. The van der Waals surface area contributed by atoms with Gasteiger partial charge in [-0.25, -0.2) is 0 Å². The van der Waals surface area contributed by atoms with Crippen LogP contribution in [-0.4, -0.2) is 59.6 Å². The first-order chi connectivity index (χ1) is 15.6. The zero-order chi connectivity index (χ0) is 24.0. The summed E-state index contributed by atoms with van der Waals surface area (Å²) >= 11 is 0. The van der Waals surface area contributed by atoms with Crippen LogP contribution in [0.1, 0.15) is 59.5 Å². The minimum absolute atomic E-state index is 0.214. The Labute approximate surface area is 193 Å². The van der Waals surface area contributed by atoms with Crippen LogP contribution in [0.25, 0.3) is 0 Å². The van der Waals surface area contributed by atoms with Gasteiger partial charge in [-0.2, -0.15) is 0 Å². The minimum atomic E-state index is -0.782. The van der Waals surface area contributed by atoms with E-state index in [1.165, 1.54) is 9.80 Å². The standard InChI is InChI=1S/C26H29N3O4/c1-25(2)19-11-7-5-9-17(19)21(30)28(23(25)32)15-13-27-14-16-29-22(31)18-10-6-8-12-20(18)26(3,4)24(29)33/h5-12,27H,13-16H2,1-4H3. The fourth-order valence-electron chi connectivity index (χ4n) is 4.72. The predicted octanol–water partition coefficient (Wildman–Crippen LogP) is 2.50. The summed E-state index contributed by atoms with van der Waals surface area (Å²) in [5.74, 6) is -1.05. The van der Waals surface area contributed by atoms with E-state index in [2.05, 4.69) is 5.32 Å². The highest BCUT2D eigenvalue weighted by Crippen LogP contribution is 2.35. The van der Waals surface area contributed by atoms with E-state index in [9.17, 15) is 19.2 Å². The van der Waals surface area contributed by atoms with Gasteiger partial charge in [-0.15, -0.1) is 0 Å². The molecule has 2 aromatic carbocycles. The van der Waals surface area contributed by atoms with Crippen molar-refractivity contribution in [3.63, 3.8) is 0 Å². The summed E-state index contributed by atoms with van der Waals surface area (Å²) < 4.78 is 0. The van der Waals surface area contributed by atoms with E-state index >= 15 is 0 Å². The summed E-state index contributed by atoms with van der Waals surface area (Å²) in [5, 5.41) is 3.17. The van der Waals surface area contributed by atoms with Crippen molar-refractivity contribution in [1.29, 1.82) is 0 Å². The number of hydrogen-bond donors (Lipinski definition) is 1. The highest BCUT2D eigenvalue weighted by molar-refractivity contribution is 6.13. The van der Waals surface area contributed by atoms with Gasteiger partial charge in [0.1, 0.15) is 0 Å². The molecule has 7 heteroatoms. The lowest BCUT2D eigenvalue weighted by Gasteiger charge is -2.38. The number of nitrogens with zero attached hydrogens (tertiary/aromatic N) is 2. The molecule has 172 valence electrons. The van der Waals surface area contributed by atoms with Gasteiger partial charge in [-0.1, -0.05) is 36.4 Å². The molecule has 0 spiro atoms. The number of rotatable bonds is 6. The van der Waals surface area contributed by atoms with Crippen LogP contribution in [0.5, 0.6) is 0 Å². The Bertz CT molecular complexity index is 1060. The third kappa shape index (κ3) is 3.66. The van der Waals surface area contributed by atoms with Gasteiger partial charge in [0.2, 0.25) is 11.8 Å². The molecule has 2 aromatic rings. The number of benzene rings is 2. The van der Waals surface area contributed by atoms with E-state index in [-0.39, 0.29) is 36.7 Å². The van der Waals surface area contributed by atoms with Gasteiger partial charge < -0.3 is 5.32 Å². The molecule has 7 nitrogen and oxygen atoms in total. The number of nitrogens with one attached hydrogen (secondary N) is 1. The molecule has 0 unspecified atom stereocenters. The van der Waals surface area contributed by atoms with Crippen molar-refractivity contribution in [3.05, 3.63) is 70.8 Å². The summed E-state index contributed by atoms with van der Waals surface area (Å²) in [4.78, 5) is 54.3. The van der Waals surface area contributed by atoms with Crippen molar-refractivity contribution in [2.45, 2.75) is 38.5 Å². The van der Waals surface area contributed by atoms with Gasteiger partial charge >= 0.3 is 0 Å². The molecule has 0 saturated carbocycles. The third-order valence-electron chi connectivity index (χ3n) is 6.74. The summed E-state index contributed by atoms with van der Waals surface area (Å²) in [6, 6.07) is 14.4. The van der Waals surface area contributed by atoms with Crippen molar-refractivity contribution in [3.8, 4) is 0 Å². The SMILES string of the molecule is CC1(C)C(=O)N(CCNCCN2C(=O)c3ccccc3C(C)(C)C2=O)C(=O)c2ccccc21. The zero-order valence-electron chi connectivity index (χ0n) is 19.5. The van der Waals surface area contributed by atoms with Gasteiger partial charge in [-0.3, -0.25) is 29.0 Å². The molecule has 4 rings (SSSR count). The minimum Gasteiger partial charge on any atom is -0.313 e. The number of carbonyl (C=O) groups is 4. The first-order valence-electron chi connectivity index (χ1n) is 11.2. The normalized spacial score (nSPS) is 18.9. The van der Waals surface area contributed by atoms with Crippen LogP contribution < -0.4 is 5.32 Å². The zero-order valence-corrected chi connectivity index (χ0v) is 19.5. The molecular formula is C26H29N3O4. The summed E-state index contributed by atoms with van der Waals surface area (Å²) in [6.07, 6.45) is 0. The largest absolute Gasteiger partial charge is 0.313 e. The molecular weight excluding hydrogens is 418 g/mol. The predicted molar refractivity (Wildman–Crippen MR) is 124 cm³/mol. The second-order valence-electron chi connectivity index (χ2n) is 9.62. The molecule has 33 heavy (non-hydrogen) atoms. The van der Waals surface area contributed by atoms with Crippen LogP contribution in [0.15, 0.2) is 48.5 Å². The van der Waals surface area contributed by atoms with Crippen molar-refractivity contribution in [1.82, 2.24) is 15.1 Å². The lowest BCUT2D eigenvalue weighted by molar-refractivity contribution is -0.134. The maximum atomic E-state index is 13.0. The molecule has 2 aliphatic heterocycles. The molecule has 2 aliphatic rings. The molecule has 0 radical (unpaired) electrons. The van der Waals surface area contributed by atoms with Crippen LogP contribution in [-0.2, 0) is 20.4 Å². The molecule has 0 fully saturated rings. The smallest absolute Gasteiger partial charge is 0.260 e. The lowest BCUT2D eigenvalue weighted by atomic mass is 9.77. The van der Waals surface area contributed by atoms with Crippen molar-refractivity contribution in [2.75, 3.05) is 26.2 Å². The first-order valence-corrected chi connectivity index (χ1v) is 11.2.